The number of carbonyl (C=O) groups is 1. The van der Waals surface area contributed by atoms with Gasteiger partial charge in [-0.3, -0.25) is 14.9 Å². The van der Waals surface area contributed by atoms with Crippen LogP contribution >= 0.6 is 15.9 Å². The lowest BCUT2D eigenvalue weighted by molar-refractivity contribution is -0.385. The van der Waals surface area contributed by atoms with Crippen LogP contribution in [-0.2, 0) is 4.74 Å². The topological polar surface area (TPSA) is 72.7 Å². The Morgan fingerprint density at radius 3 is 2.90 bits per heavy atom. The first kappa shape index (κ1) is 15.9. The lowest BCUT2D eigenvalue weighted by atomic mass is 10.1. The summed E-state index contributed by atoms with van der Waals surface area (Å²) in [6.07, 6.45) is 2.03. The predicted octanol–water partition coefficient (Wildman–Crippen LogP) is 3.00. The number of amides is 1. The van der Waals surface area contributed by atoms with Crippen LogP contribution in [0.4, 0.5) is 5.69 Å². The third kappa shape index (κ3) is 3.79. The molecule has 2 rings (SSSR count). The number of hydrogen-bond acceptors (Lipinski definition) is 4. The number of hydrogen-bond donors (Lipinski definition) is 0. The van der Waals surface area contributed by atoms with Crippen LogP contribution in [-0.4, -0.2) is 41.5 Å². The number of nitro benzene ring substituents is 1. The van der Waals surface area contributed by atoms with Gasteiger partial charge in [-0.05, 0) is 47.8 Å². The lowest BCUT2D eigenvalue weighted by Gasteiger charge is -2.24. The molecule has 0 aromatic heterocycles. The van der Waals surface area contributed by atoms with Gasteiger partial charge in [-0.1, -0.05) is 0 Å². The van der Waals surface area contributed by atoms with E-state index in [2.05, 4.69) is 15.9 Å². The van der Waals surface area contributed by atoms with Crippen molar-refractivity contribution in [3.63, 3.8) is 0 Å². The molecule has 1 atom stereocenters. The Bertz CT molecular complexity index is 544. The average molecular weight is 357 g/mol. The standard InChI is InChI=1S/C14H17BrN2O4/c1-2-16(9-11-4-3-7-21-11)14(18)10-5-6-12(15)13(8-10)17(19)20/h5-6,8,11H,2-4,7,9H2,1H3. The SMILES string of the molecule is CCN(CC1CCCO1)C(=O)c1ccc(Br)c([N+](=O)[O-])c1. The summed E-state index contributed by atoms with van der Waals surface area (Å²) in [6, 6.07) is 4.44. The van der Waals surface area contributed by atoms with Crippen LogP contribution in [0.1, 0.15) is 30.1 Å². The normalized spacial score (nSPS) is 17.7. The van der Waals surface area contributed by atoms with Gasteiger partial charge in [0, 0.05) is 31.3 Å². The lowest BCUT2D eigenvalue weighted by Crippen LogP contribution is -2.37. The van der Waals surface area contributed by atoms with E-state index in [9.17, 15) is 14.9 Å². The molecule has 0 aliphatic carbocycles. The second-order valence-corrected chi connectivity index (χ2v) is 5.76. The molecule has 6 nitrogen and oxygen atoms in total. The fourth-order valence-electron chi connectivity index (χ4n) is 2.36. The maximum atomic E-state index is 12.5. The van der Waals surface area contributed by atoms with Gasteiger partial charge in [-0.25, -0.2) is 0 Å². The summed E-state index contributed by atoms with van der Waals surface area (Å²) in [5.41, 5.74) is 0.221. The van der Waals surface area contributed by atoms with Gasteiger partial charge in [0.05, 0.1) is 15.5 Å². The van der Waals surface area contributed by atoms with Crippen molar-refractivity contribution in [3.05, 3.63) is 38.3 Å². The molecule has 1 aromatic carbocycles. The molecule has 0 N–H and O–H groups in total. The minimum atomic E-state index is -0.503. The number of nitrogens with zero attached hydrogens (tertiary/aromatic N) is 2. The van der Waals surface area contributed by atoms with Crippen LogP contribution in [0.15, 0.2) is 22.7 Å². The van der Waals surface area contributed by atoms with Gasteiger partial charge in [-0.2, -0.15) is 0 Å². The highest BCUT2D eigenvalue weighted by Gasteiger charge is 2.24. The van der Waals surface area contributed by atoms with Gasteiger partial charge in [0.15, 0.2) is 0 Å². The molecule has 0 spiro atoms. The molecule has 1 amide bonds. The van der Waals surface area contributed by atoms with Crippen LogP contribution in [0, 0.1) is 10.1 Å². The van der Waals surface area contributed by atoms with Crippen molar-refractivity contribution in [3.8, 4) is 0 Å². The molecule has 21 heavy (non-hydrogen) atoms. The summed E-state index contributed by atoms with van der Waals surface area (Å²) in [5.74, 6) is -0.205. The molecular formula is C14H17BrN2O4. The second kappa shape index (κ2) is 7.00. The number of carbonyl (C=O) groups excluding carboxylic acids is 1. The fourth-order valence-corrected chi connectivity index (χ4v) is 2.75. The maximum Gasteiger partial charge on any atom is 0.284 e. The second-order valence-electron chi connectivity index (χ2n) is 4.90. The van der Waals surface area contributed by atoms with Gasteiger partial charge < -0.3 is 9.64 Å². The smallest absolute Gasteiger partial charge is 0.284 e. The number of ether oxygens (including phenoxy) is 1. The van der Waals surface area contributed by atoms with Crippen molar-refractivity contribution in [2.45, 2.75) is 25.9 Å². The summed E-state index contributed by atoms with van der Waals surface area (Å²) >= 11 is 3.12. The first-order chi connectivity index (χ1) is 10.0. The molecule has 1 aromatic rings. The number of rotatable bonds is 5. The summed E-state index contributed by atoms with van der Waals surface area (Å²) in [7, 11) is 0. The third-order valence-electron chi connectivity index (χ3n) is 3.51. The van der Waals surface area contributed by atoms with E-state index in [-0.39, 0.29) is 17.7 Å². The molecule has 1 aliphatic heterocycles. The Morgan fingerprint density at radius 2 is 2.33 bits per heavy atom. The molecule has 1 saturated heterocycles. The van der Waals surface area contributed by atoms with Gasteiger partial charge in [0.2, 0.25) is 0 Å². The zero-order valence-corrected chi connectivity index (χ0v) is 13.3. The molecule has 0 saturated carbocycles. The van der Waals surface area contributed by atoms with Crippen LogP contribution in [0.25, 0.3) is 0 Å². The summed E-state index contributed by atoms with van der Waals surface area (Å²) < 4.78 is 5.91. The van der Waals surface area contributed by atoms with Crippen LogP contribution in [0.2, 0.25) is 0 Å². The minimum Gasteiger partial charge on any atom is -0.376 e. The van der Waals surface area contributed by atoms with Crippen molar-refractivity contribution in [2.75, 3.05) is 19.7 Å². The first-order valence-corrected chi connectivity index (χ1v) is 7.67. The molecule has 1 fully saturated rings. The zero-order valence-electron chi connectivity index (χ0n) is 11.8. The highest BCUT2D eigenvalue weighted by molar-refractivity contribution is 9.10. The van der Waals surface area contributed by atoms with Crippen LogP contribution in [0.3, 0.4) is 0 Å². The summed E-state index contributed by atoms with van der Waals surface area (Å²) in [5, 5.41) is 10.9. The largest absolute Gasteiger partial charge is 0.376 e. The highest BCUT2D eigenvalue weighted by Crippen LogP contribution is 2.26. The fraction of sp³-hybridized carbons (Fsp3) is 0.500. The molecule has 1 unspecified atom stereocenters. The monoisotopic (exact) mass is 356 g/mol. The molecule has 7 heteroatoms. The van der Waals surface area contributed by atoms with E-state index in [0.717, 1.165) is 19.4 Å². The molecule has 1 heterocycles. The Morgan fingerprint density at radius 1 is 1.57 bits per heavy atom. The number of benzene rings is 1. The predicted molar refractivity (Wildman–Crippen MR) is 81.3 cm³/mol. The number of nitro groups is 1. The van der Waals surface area contributed by atoms with Crippen molar-refractivity contribution >= 4 is 27.5 Å². The van der Waals surface area contributed by atoms with Gasteiger partial charge >= 0.3 is 0 Å². The molecule has 0 bridgehead atoms. The Balaban J connectivity index is 2.16. The Hall–Kier alpha value is -1.47. The van der Waals surface area contributed by atoms with Crippen LogP contribution in [0.5, 0.6) is 0 Å². The zero-order chi connectivity index (χ0) is 15.4. The molecule has 1 aliphatic rings. The van der Waals surface area contributed by atoms with Gasteiger partial charge in [0.25, 0.3) is 11.6 Å². The van der Waals surface area contributed by atoms with E-state index in [0.29, 0.717) is 23.1 Å². The summed E-state index contributed by atoms with van der Waals surface area (Å²) in [4.78, 5) is 24.6. The number of likely N-dealkylation sites (N-methyl/N-ethyl adjacent to an activating group) is 1. The van der Waals surface area contributed by atoms with E-state index in [1.165, 1.54) is 12.1 Å². The number of halogens is 1. The van der Waals surface area contributed by atoms with Gasteiger partial charge in [0.1, 0.15) is 0 Å². The average Bonchev–Trinajstić information content (AvgIpc) is 2.97. The van der Waals surface area contributed by atoms with Crippen LogP contribution < -0.4 is 0 Å². The van der Waals surface area contributed by atoms with E-state index in [1.807, 2.05) is 6.92 Å². The molecular weight excluding hydrogens is 340 g/mol. The first-order valence-electron chi connectivity index (χ1n) is 6.87. The summed E-state index contributed by atoms with van der Waals surface area (Å²) in [6.45, 7) is 3.70. The van der Waals surface area contributed by atoms with Crippen molar-refractivity contribution < 1.29 is 14.5 Å². The van der Waals surface area contributed by atoms with Crippen molar-refractivity contribution in [1.82, 2.24) is 4.90 Å². The quantitative estimate of drug-likeness (QED) is 0.600. The van der Waals surface area contributed by atoms with E-state index >= 15 is 0 Å². The Kier molecular flexibility index (Phi) is 5.30. The molecule has 114 valence electrons. The van der Waals surface area contributed by atoms with Crippen molar-refractivity contribution in [2.24, 2.45) is 0 Å². The van der Waals surface area contributed by atoms with E-state index in [4.69, 9.17) is 4.74 Å². The van der Waals surface area contributed by atoms with E-state index < -0.39 is 4.92 Å². The molecule has 0 radical (unpaired) electrons. The third-order valence-corrected chi connectivity index (χ3v) is 4.18. The van der Waals surface area contributed by atoms with Gasteiger partial charge in [-0.15, -0.1) is 0 Å². The van der Waals surface area contributed by atoms with Crippen molar-refractivity contribution in [1.29, 1.82) is 0 Å². The Labute approximate surface area is 131 Å². The highest BCUT2D eigenvalue weighted by atomic mass is 79.9. The minimum absolute atomic E-state index is 0.0688. The maximum absolute atomic E-state index is 12.5. The van der Waals surface area contributed by atoms with E-state index in [1.54, 1.807) is 11.0 Å².